The fourth-order valence-corrected chi connectivity index (χ4v) is 5.19. The molecular formula is C34H62BN5O15S2. The minimum atomic E-state index is -0.509. The summed E-state index contributed by atoms with van der Waals surface area (Å²) < 4.78 is 41.6. The highest BCUT2D eigenvalue weighted by Gasteiger charge is 2.13. The summed E-state index contributed by atoms with van der Waals surface area (Å²) in [4.78, 5) is 84.2. The molecule has 4 amide bonds. The second kappa shape index (κ2) is 39.5. The fraction of sp³-hybridized carbons (Fsp3) is 0.794. The minimum absolute atomic E-state index is 0.00991. The van der Waals surface area contributed by atoms with E-state index >= 15 is 0 Å². The zero-order valence-electron chi connectivity index (χ0n) is 33.6. The van der Waals surface area contributed by atoms with Gasteiger partial charge in [0.1, 0.15) is 13.2 Å². The van der Waals surface area contributed by atoms with Crippen LogP contribution in [0.15, 0.2) is 0 Å². The van der Waals surface area contributed by atoms with E-state index in [4.69, 9.17) is 37.9 Å². The molecule has 4 N–H and O–H groups in total. The molecule has 0 radical (unpaired) electrons. The summed E-state index contributed by atoms with van der Waals surface area (Å²) >= 11 is 2.20. The number of alkyl carbamates (subject to hydrolysis) is 2. The number of carbonyl (C=O) groups is 7. The zero-order valence-corrected chi connectivity index (χ0v) is 35.2. The number of amides is 4. The van der Waals surface area contributed by atoms with Crippen LogP contribution in [0.25, 0.3) is 0 Å². The van der Waals surface area contributed by atoms with Crippen LogP contribution in [0.1, 0.15) is 26.7 Å². The summed E-state index contributed by atoms with van der Waals surface area (Å²) in [7, 11) is 1.42. The molecule has 0 rings (SSSR count). The predicted molar refractivity (Wildman–Crippen MR) is 215 cm³/mol. The van der Waals surface area contributed by atoms with Crippen molar-refractivity contribution in [3.8, 4) is 0 Å². The number of thioether (sulfide) groups is 2. The molecule has 0 bridgehead atoms. The lowest BCUT2D eigenvalue weighted by atomic mass is 10.0. The molecule has 328 valence electrons. The van der Waals surface area contributed by atoms with Crippen LogP contribution in [-0.4, -0.2) is 202 Å². The Balaban J connectivity index is 3.84. The molecule has 0 aromatic carbocycles. The number of ether oxygens (including phenoxy) is 8. The number of hydrogen-bond donors (Lipinski definition) is 4. The maximum atomic E-state index is 12.1. The molecule has 20 nitrogen and oxygen atoms in total. The Hall–Kier alpha value is -3.35. The van der Waals surface area contributed by atoms with Crippen molar-refractivity contribution >= 4 is 73.0 Å². The Morgan fingerprint density at radius 1 is 0.474 bits per heavy atom. The third-order valence-corrected chi connectivity index (χ3v) is 8.29. The van der Waals surface area contributed by atoms with Gasteiger partial charge in [0.15, 0.2) is 7.85 Å². The van der Waals surface area contributed by atoms with Gasteiger partial charge >= 0.3 is 24.1 Å². The topological polar surface area (TPSA) is 245 Å². The largest absolute Gasteiger partial charge is 0.464 e. The first-order chi connectivity index (χ1) is 27.6. The molecule has 0 aromatic heterocycles. The Labute approximate surface area is 344 Å². The normalized spacial score (nSPS) is 10.7. The molecule has 0 aliphatic carbocycles. The Morgan fingerprint density at radius 2 is 0.842 bits per heavy atom. The van der Waals surface area contributed by atoms with Crippen LogP contribution < -0.4 is 21.3 Å². The molecule has 0 aromatic rings. The van der Waals surface area contributed by atoms with E-state index in [1.807, 2.05) is 13.8 Å². The second-order valence-corrected chi connectivity index (χ2v) is 13.7. The summed E-state index contributed by atoms with van der Waals surface area (Å²) in [5.41, 5.74) is -0.111. The molecule has 0 atom stereocenters. The number of carbonyl (C=O) groups excluding carboxylic acids is 7. The molecule has 57 heavy (non-hydrogen) atoms. The van der Waals surface area contributed by atoms with Gasteiger partial charge in [-0.05, 0) is 12.8 Å². The molecule has 0 spiro atoms. The molecule has 23 heteroatoms. The maximum absolute atomic E-state index is 12.1. The summed E-state index contributed by atoms with van der Waals surface area (Å²) in [6, 6.07) is 0. The van der Waals surface area contributed by atoms with Gasteiger partial charge in [-0.3, -0.25) is 24.1 Å². The molecule has 0 aliphatic rings. The summed E-state index contributed by atoms with van der Waals surface area (Å²) in [5, 5.41) is 10.5. The Morgan fingerprint density at radius 3 is 1.19 bits per heavy atom. The summed E-state index contributed by atoms with van der Waals surface area (Å²) in [6.07, 6.45) is 0.549. The SMILES string of the molecule is BC(=O)CN(CCOC(=O)CSCC(=O)NCCOCCOCCNC(=O)OCCC)CCOC(=O)CSCC(=O)NCCOCCOCCNC(=O)OCCC. The highest BCUT2D eigenvalue weighted by Crippen LogP contribution is 2.02. The van der Waals surface area contributed by atoms with Crippen molar-refractivity contribution in [3.05, 3.63) is 0 Å². The first-order valence-electron chi connectivity index (χ1n) is 18.9. The van der Waals surface area contributed by atoms with Crippen molar-refractivity contribution in [1.29, 1.82) is 0 Å². The standard InChI is InChI=1S/C34H62BN5O15S2/c1-3-11-54-33(46)38-7-15-50-21-19-48-13-5-36-29(42)24-56-26-31(44)52-17-9-40(23-28(35)41)10-18-53-32(45)27-57-25-30(43)37-6-14-49-20-22-51-16-8-39-34(47)55-12-4-2/h3-27,35H2,1-2H3,(H,36,42)(H,37,43)(H,38,46)(H,39,47). The zero-order chi connectivity index (χ0) is 42.2. The van der Waals surface area contributed by atoms with Crippen molar-refractivity contribution in [2.75, 3.05) is 148 Å². The van der Waals surface area contributed by atoms with E-state index in [1.165, 1.54) is 7.85 Å². The number of rotatable bonds is 38. The smallest absolute Gasteiger partial charge is 0.407 e. The van der Waals surface area contributed by atoms with Crippen molar-refractivity contribution < 1.29 is 71.5 Å². The van der Waals surface area contributed by atoms with Crippen molar-refractivity contribution in [1.82, 2.24) is 26.2 Å². The average Bonchev–Trinajstić information content (AvgIpc) is 3.17. The van der Waals surface area contributed by atoms with Gasteiger partial charge < -0.3 is 64.0 Å². The minimum Gasteiger partial charge on any atom is -0.464 e. The molecule has 0 heterocycles. The molecule has 0 saturated heterocycles. The predicted octanol–water partition coefficient (Wildman–Crippen LogP) is -1.43. The quantitative estimate of drug-likeness (QED) is 0.0241. The Kier molecular flexibility index (Phi) is 37.2. The Bertz CT molecular complexity index is 1060. The van der Waals surface area contributed by atoms with Crippen LogP contribution >= 0.6 is 23.5 Å². The lowest BCUT2D eigenvalue weighted by molar-refractivity contribution is -0.141. The number of nitrogens with one attached hydrogen (secondary N) is 4. The summed E-state index contributed by atoms with van der Waals surface area (Å²) in [6.45, 7) is 8.91. The van der Waals surface area contributed by atoms with Crippen molar-refractivity contribution in [3.63, 3.8) is 0 Å². The third kappa shape index (κ3) is 39.3. The van der Waals surface area contributed by atoms with Crippen LogP contribution in [0.5, 0.6) is 0 Å². The van der Waals surface area contributed by atoms with E-state index in [2.05, 4.69) is 21.3 Å². The highest BCUT2D eigenvalue weighted by atomic mass is 32.2. The second-order valence-electron chi connectivity index (χ2n) is 11.7. The van der Waals surface area contributed by atoms with E-state index in [-0.39, 0.29) is 86.6 Å². The fourth-order valence-electron chi connectivity index (χ4n) is 3.91. The van der Waals surface area contributed by atoms with Gasteiger partial charge in [0.2, 0.25) is 11.8 Å². The third-order valence-electron chi connectivity index (χ3n) is 6.48. The number of hydrogen-bond acceptors (Lipinski definition) is 18. The van der Waals surface area contributed by atoms with E-state index in [1.54, 1.807) is 4.90 Å². The lowest BCUT2D eigenvalue weighted by Gasteiger charge is -2.20. The van der Waals surface area contributed by atoms with Crippen molar-refractivity contribution in [2.24, 2.45) is 0 Å². The van der Waals surface area contributed by atoms with Gasteiger partial charge in [-0.15, -0.1) is 23.5 Å². The lowest BCUT2D eigenvalue weighted by Crippen LogP contribution is -2.36. The molecule has 0 aliphatic heterocycles. The van der Waals surface area contributed by atoms with Gasteiger partial charge in [0.25, 0.3) is 0 Å². The summed E-state index contributed by atoms with van der Waals surface area (Å²) in [5.74, 6) is -1.48. The van der Waals surface area contributed by atoms with E-state index in [0.717, 1.165) is 36.4 Å². The van der Waals surface area contributed by atoms with Gasteiger partial charge in [0.05, 0.1) is 94.8 Å². The van der Waals surface area contributed by atoms with Crippen LogP contribution in [0, 0.1) is 0 Å². The molecule has 0 unspecified atom stereocenters. The van der Waals surface area contributed by atoms with Gasteiger partial charge in [0, 0.05) is 45.8 Å². The first-order valence-corrected chi connectivity index (χ1v) is 21.2. The average molecular weight is 856 g/mol. The number of esters is 2. The molecular weight excluding hydrogens is 793 g/mol. The van der Waals surface area contributed by atoms with Crippen LogP contribution in [0.2, 0.25) is 0 Å². The van der Waals surface area contributed by atoms with Gasteiger partial charge in [-0.1, -0.05) is 13.8 Å². The van der Waals surface area contributed by atoms with Crippen LogP contribution in [0.4, 0.5) is 9.59 Å². The van der Waals surface area contributed by atoms with Gasteiger partial charge in [-0.2, -0.15) is 0 Å². The van der Waals surface area contributed by atoms with E-state index in [9.17, 15) is 33.6 Å². The molecule has 0 saturated carbocycles. The first kappa shape index (κ1) is 53.7. The van der Waals surface area contributed by atoms with Crippen molar-refractivity contribution in [2.45, 2.75) is 26.7 Å². The van der Waals surface area contributed by atoms with E-state index < -0.39 is 24.1 Å². The van der Waals surface area contributed by atoms with Gasteiger partial charge in [-0.25, -0.2) is 9.59 Å². The highest BCUT2D eigenvalue weighted by molar-refractivity contribution is 8.00. The molecule has 0 fully saturated rings. The van der Waals surface area contributed by atoms with Crippen LogP contribution in [0.3, 0.4) is 0 Å². The maximum Gasteiger partial charge on any atom is 0.407 e. The van der Waals surface area contributed by atoms with Crippen LogP contribution in [-0.2, 0) is 61.9 Å². The van der Waals surface area contributed by atoms with E-state index in [0.29, 0.717) is 79.0 Å². The number of nitrogens with zero attached hydrogens (tertiary/aromatic N) is 1. The monoisotopic (exact) mass is 855 g/mol.